The first kappa shape index (κ1) is 4.31. The lowest BCUT2D eigenvalue weighted by Crippen LogP contribution is -1.86. The Labute approximate surface area is 30.1 Å². The molecule has 0 aromatic heterocycles. The number of nitrogens with zero attached hydrogens (tertiary/aromatic N) is 1. The van der Waals surface area contributed by atoms with Crippen LogP contribution in [-0.2, 0) is 4.65 Å². The summed E-state index contributed by atoms with van der Waals surface area (Å²) < 4.78 is 3.57. The zero-order chi connectivity index (χ0) is 4.12. The molecule has 0 rings (SSSR count). The van der Waals surface area contributed by atoms with Gasteiger partial charge in [0.1, 0.15) is 0 Å². The molecule has 1 radical (unpaired) electrons. The quantitative estimate of drug-likeness (QED) is 0.318. The molecular formula is CHBNO2. The molecule has 0 saturated carbocycles. The third kappa shape index (κ3) is 3.31. The maximum absolute atomic E-state index is 7.50. The van der Waals surface area contributed by atoms with Crippen LogP contribution in [0.2, 0.25) is 0 Å². The molecule has 0 bridgehead atoms. The molecule has 5 heavy (non-hydrogen) atoms. The van der Waals surface area contributed by atoms with Crippen molar-refractivity contribution in [1.82, 2.24) is 0 Å². The Balaban J connectivity index is 2.48. The number of hydrogen-bond donors (Lipinski definition) is 1. The molecule has 0 aliphatic rings. The molecule has 0 aliphatic carbocycles. The van der Waals surface area contributed by atoms with Gasteiger partial charge in [-0.1, -0.05) is 0 Å². The molecule has 0 spiro atoms. The van der Waals surface area contributed by atoms with Gasteiger partial charge in [0.05, 0.1) is 0 Å². The zero-order valence-corrected chi connectivity index (χ0v) is 2.38. The van der Waals surface area contributed by atoms with Crippen LogP contribution >= 0.6 is 0 Å². The molecule has 0 aromatic rings. The van der Waals surface area contributed by atoms with Gasteiger partial charge in [-0.15, -0.1) is 0 Å². The van der Waals surface area contributed by atoms with Crippen LogP contribution in [0.25, 0.3) is 0 Å². The second kappa shape index (κ2) is 3.31. The van der Waals surface area contributed by atoms with E-state index in [4.69, 9.17) is 10.3 Å². The summed E-state index contributed by atoms with van der Waals surface area (Å²) in [5.41, 5.74) is 0. The summed E-state index contributed by atoms with van der Waals surface area (Å²) in [5.74, 6) is 0. The van der Waals surface area contributed by atoms with Crippen LogP contribution in [0.4, 0.5) is 0 Å². The van der Waals surface area contributed by atoms with Gasteiger partial charge in [-0.25, -0.2) is 0 Å². The van der Waals surface area contributed by atoms with Crippen LogP contribution in [-0.4, -0.2) is 12.7 Å². The molecule has 1 N–H and O–H groups in total. The standard InChI is InChI=1S/CHBNO2/c3-1-5-2-4/h4H. The lowest BCUT2D eigenvalue weighted by Gasteiger charge is -1.70. The normalized spacial score (nSPS) is 4.80. The minimum absolute atomic E-state index is 0.319. The smallest absolute Gasteiger partial charge is 0.468 e. The van der Waals surface area contributed by atoms with Crippen molar-refractivity contribution in [3.63, 3.8) is 0 Å². The van der Waals surface area contributed by atoms with Crippen LogP contribution in [0.3, 0.4) is 0 Å². The second-order valence-corrected chi connectivity index (χ2v) is 0.315. The summed E-state index contributed by atoms with van der Waals surface area (Å²) in [6.07, 6.45) is 1.21. The first-order valence-electron chi connectivity index (χ1n) is 0.922. The summed E-state index contributed by atoms with van der Waals surface area (Å²) in [7, 11) is 0.319. The Kier molecular flexibility index (Phi) is 2.86. The van der Waals surface area contributed by atoms with E-state index in [0.717, 1.165) is 0 Å². The predicted molar refractivity (Wildman–Crippen MR) is 14.7 cm³/mol. The van der Waals surface area contributed by atoms with Gasteiger partial charge < -0.3 is 9.68 Å². The summed E-state index contributed by atoms with van der Waals surface area (Å²) in [5, 5.41) is 14.9. The maximum Gasteiger partial charge on any atom is 0.580 e. The predicted octanol–water partition coefficient (Wildman–Crippen LogP) is -0.989. The van der Waals surface area contributed by atoms with Crippen LogP contribution < -0.4 is 0 Å². The molecule has 0 unspecified atom stereocenters. The van der Waals surface area contributed by atoms with Gasteiger partial charge in [-0.2, -0.15) is 5.26 Å². The first-order chi connectivity index (χ1) is 2.41. The molecule has 0 amide bonds. The zero-order valence-electron chi connectivity index (χ0n) is 2.38. The SMILES string of the molecule is N#CO[B]O. The van der Waals surface area contributed by atoms with Crippen molar-refractivity contribution in [2.45, 2.75) is 0 Å². The Bertz CT molecular complexity index is 48.1. The average Bonchev–Trinajstić information content (AvgIpc) is 1.41. The molecule has 25 valence electrons. The van der Waals surface area contributed by atoms with Crippen LogP contribution in [0.1, 0.15) is 0 Å². The van der Waals surface area contributed by atoms with E-state index >= 15 is 0 Å². The van der Waals surface area contributed by atoms with E-state index in [0.29, 0.717) is 7.69 Å². The summed E-state index contributed by atoms with van der Waals surface area (Å²) in [4.78, 5) is 0. The van der Waals surface area contributed by atoms with E-state index < -0.39 is 0 Å². The number of hydrogen-bond acceptors (Lipinski definition) is 3. The van der Waals surface area contributed by atoms with Crippen LogP contribution in [0, 0.1) is 11.5 Å². The fourth-order valence-electron chi connectivity index (χ4n) is 0.0236. The first-order valence-corrected chi connectivity index (χ1v) is 0.922. The van der Waals surface area contributed by atoms with Gasteiger partial charge >= 0.3 is 7.69 Å². The van der Waals surface area contributed by atoms with Crippen LogP contribution in [0.15, 0.2) is 0 Å². The summed E-state index contributed by atoms with van der Waals surface area (Å²) in [6, 6.07) is 0. The van der Waals surface area contributed by atoms with Crippen molar-refractivity contribution in [2.24, 2.45) is 0 Å². The van der Waals surface area contributed by atoms with Gasteiger partial charge in [-0.05, 0) is 0 Å². The van der Waals surface area contributed by atoms with Crippen molar-refractivity contribution < 1.29 is 9.68 Å². The molecule has 0 aliphatic heterocycles. The molecule has 0 atom stereocenters. The highest BCUT2D eigenvalue weighted by atomic mass is 16.5. The summed E-state index contributed by atoms with van der Waals surface area (Å²) >= 11 is 0. The van der Waals surface area contributed by atoms with Crippen molar-refractivity contribution in [2.75, 3.05) is 0 Å². The highest BCUT2D eigenvalue weighted by molar-refractivity contribution is 6.16. The van der Waals surface area contributed by atoms with Crippen molar-refractivity contribution in [1.29, 1.82) is 5.26 Å². The number of rotatable bonds is 1. The fourth-order valence-corrected chi connectivity index (χ4v) is 0.0236. The Morgan fingerprint density at radius 3 is 2.60 bits per heavy atom. The van der Waals surface area contributed by atoms with Crippen molar-refractivity contribution in [3.8, 4) is 6.26 Å². The number of nitriles is 1. The Hall–Kier alpha value is -0.685. The van der Waals surface area contributed by atoms with Crippen molar-refractivity contribution in [3.05, 3.63) is 0 Å². The van der Waals surface area contributed by atoms with E-state index in [1.54, 1.807) is 0 Å². The highest BCUT2D eigenvalue weighted by Crippen LogP contribution is 1.49. The van der Waals surface area contributed by atoms with Crippen LogP contribution in [0.5, 0.6) is 0 Å². The molecule has 4 heteroatoms. The molecule has 0 fully saturated rings. The molecule has 0 saturated heterocycles. The van der Waals surface area contributed by atoms with Gasteiger partial charge in [-0.3, -0.25) is 0 Å². The average molecular weight is 69.8 g/mol. The van der Waals surface area contributed by atoms with E-state index in [2.05, 4.69) is 4.65 Å². The van der Waals surface area contributed by atoms with E-state index in [1.165, 1.54) is 6.26 Å². The molecule has 3 nitrogen and oxygen atoms in total. The van der Waals surface area contributed by atoms with E-state index in [9.17, 15) is 0 Å². The fraction of sp³-hybridized carbons (Fsp3) is 0. The highest BCUT2D eigenvalue weighted by Gasteiger charge is 1.74. The third-order valence-electron chi connectivity index (χ3n) is 0.105. The van der Waals surface area contributed by atoms with Gasteiger partial charge in [0, 0.05) is 0 Å². The maximum atomic E-state index is 7.50. The minimum atomic E-state index is 0.319. The van der Waals surface area contributed by atoms with Crippen molar-refractivity contribution >= 4 is 7.69 Å². The Morgan fingerprint density at radius 1 is 2.00 bits per heavy atom. The van der Waals surface area contributed by atoms with Gasteiger partial charge in [0.2, 0.25) is 0 Å². The topological polar surface area (TPSA) is 53.2 Å². The second-order valence-electron chi connectivity index (χ2n) is 0.315. The monoisotopic (exact) mass is 70.0 g/mol. The van der Waals surface area contributed by atoms with E-state index in [1.807, 2.05) is 0 Å². The lowest BCUT2D eigenvalue weighted by molar-refractivity contribution is 0.423. The van der Waals surface area contributed by atoms with Gasteiger partial charge in [0.15, 0.2) is 0 Å². The lowest BCUT2D eigenvalue weighted by atomic mass is 10.4. The summed E-state index contributed by atoms with van der Waals surface area (Å²) in [6.45, 7) is 0. The largest absolute Gasteiger partial charge is 0.580 e. The minimum Gasteiger partial charge on any atom is -0.468 e. The molecule has 0 heterocycles. The molecular weight excluding hydrogens is 68.8 g/mol. The van der Waals surface area contributed by atoms with Gasteiger partial charge in [0.25, 0.3) is 6.26 Å². The third-order valence-corrected chi connectivity index (χ3v) is 0.105. The molecule has 0 aromatic carbocycles. The van der Waals surface area contributed by atoms with E-state index in [-0.39, 0.29) is 0 Å². The Morgan fingerprint density at radius 2 is 2.60 bits per heavy atom.